The van der Waals surface area contributed by atoms with Gasteiger partial charge in [-0.25, -0.2) is 16.8 Å². The molecule has 0 saturated carbocycles. The molecule has 0 N–H and O–H groups in total. The van der Waals surface area contributed by atoms with Gasteiger partial charge in [0.2, 0.25) is 0 Å². The molecule has 0 amide bonds. The molecule has 4 nitrogen and oxygen atoms in total. The Hall–Kier alpha value is -2.26. The van der Waals surface area contributed by atoms with Crippen molar-refractivity contribution in [1.29, 1.82) is 0 Å². The van der Waals surface area contributed by atoms with Crippen molar-refractivity contribution in [2.75, 3.05) is 0 Å². The monoisotopic (exact) mass is 500 g/mol. The second kappa shape index (κ2) is 8.94. The van der Waals surface area contributed by atoms with Gasteiger partial charge in [0, 0.05) is 20.6 Å². The molecule has 0 bridgehead atoms. The highest BCUT2D eigenvalue weighted by molar-refractivity contribution is 7.91. The van der Waals surface area contributed by atoms with Crippen LogP contribution in [0.1, 0.15) is 11.1 Å². The summed E-state index contributed by atoms with van der Waals surface area (Å²) in [6.07, 6.45) is 0. The third kappa shape index (κ3) is 4.88. The number of rotatable bonds is 6. The quantitative estimate of drug-likeness (QED) is 0.350. The lowest BCUT2D eigenvalue weighted by Gasteiger charge is -2.12. The van der Waals surface area contributed by atoms with Crippen LogP contribution in [0.4, 0.5) is 0 Å². The van der Waals surface area contributed by atoms with Crippen molar-refractivity contribution in [3.8, 4) is 0 Å². The predicted molar refractivity (Wildman–Crippen MR) is 133 cm³/mol. The summed E-state index contributed by atoms with van der Waals surface area (Å²) in [6, 6.07) is 23.3. The van der Waals surface area contributed by atoms with Crippen molar-refractivity contribution in [3.63, 3.8) is 0 Å². The Morgan fingerprint density at radius 3 is 1.19 bits per heavy atom. The van der Waals surface area contributed by atoms with E-state index in [1.165, 1.54) is 12.1 Å². The average Bonchev–Trinajstić information content (AvgIpc) is 2.76. The number of benzene rings is 4. The molecular formula is C24H20O4S4. The third-order valence-electron chi connectivity index (χ3n) is 5.10. The first-order valence-corrected chi connectivity index (χ1v) is 13.9. The van der Waals surface area contributed by atoms with Crippen molar-refractivity contribution in [3.05, 3.63) is 96.1 Å². The normalized spacial score (nSPS) is 12.2. The molecule has 0 aliphatic heterocycles. The smallest absolute Gasteiger partial charge is 0.183 e. The Morgan fingerprint density at radius 1 is 0.500 bits per heavy atom. The van der Waals surface area contributed by atoms with Crippen LogP contribution in [0.2, 0.25) is 0 Å². The van der Waals surface area contributed by atoms with E-state index in [1.54, 1.807) is 72.8 Å². The molecule has 0 aliphatic rings. The zero-order valence-electron chi connectivity index (χ0n) is 16.8. The van der Waals surface area contributed by atoms with E-state index in [1.807, 2.05) is 0 Å². The van der Waals surface area contributed by atoms with Crippen molar-refractivity contribution >= 4 is 55.7 Å². The fourth-order valence-corrected chi connectivity index (χ4v) is 7.04. The summed E-state index contributed by atoms with van der Waals surface area (Å²) >= 11 is 8.46. The number of fused-ring (bicyclic) bond motifs is 1. The largest absolute Gasteiger partial charge is 0.223 e. The van der Waals surface area contributed by atoms with Gasteiger partial charge in [-0.3, -0.25) is 0 Å². The maximum absolute atomic E-state index is 13.2. The number of sulfone groups is 2. The van der Waals surface area contributed by atoms with Gasteiger partial charge < -0.3 is 0 Å². The van der Waals surface area contributed by atoms with Crippen molar-refractivity contribution < 1.29 is 16.8 Å². The lowest BCUT2D eigenvalue weighted by molar-refractivity contribution is 0.593. The van der Waals surface area contributed by atoms with E-state index in [9.17, 15) is 16.8 Å². The van der Waals surface area contributed by atoms with Gasteiger partial charge in [-0.2, -0.15) is 0 Å². The van der Waals surface area contributed by atoms with Crippen molar-refractivity contribution in [2.24, 2.45) is 0 Å². The van der Waals surface area contributed by atoms with Gasteiger partial charge in [0.05, 0.1) is 21.3 Å². The molecule has 164 valence electrons. The Labute approximate surface area is 199 Å². The molecule has 0 fully saturated rings. The van der Waals surface area contributed by atoms with Crippen LogP contribution in [-0.4, -0.2) is 16.8 Å². The maximum Gasteiger partial charge on any atom is 0.183 e. The van der Waals surface area contributed by atoms with E-state index in [0.717, 1.165) is 9.79 Å². The molecule has 0 heterocycles. The van der Waals surface area contributed by atoms with E-state index in [0.29, 0.717) is 21.9 Å². The van der Waals surface area contributed by atoms with E-state index in [4.69, 9.17) is 0 Å². The first kappa shape index (κ1) is 22.9. The summed E-state index contributed by atoms with van der Waals surface area (Å²) in [5.41, 5.74) is 1.27. The van der Waals surface area contributed by atoms with E-state index < -0.39 is 19.7 Å². The van der Waals surface area contributed by atoms with Gasteiger partial charge in [-0.05, 0) is 47.5 Å². The first-order chi connectivity index (χ1) is 15.2. The first-order valence-electron chi connectivity index (χ1n) is 9.69. The number of hydrogen-bond acceptors (Lipinski definition) is 6. The molecule has 0 saturated heterocycles. The summed E-state index contributed by atoms with van der Waals surface area (Å²) < 4.78 is 52.8. The lowest BCUT2D eigenvalue weighted by atomic mass is 10.1. The van der Waals surface area contributed by atoms with Crippen LogP contribution in [0.5, 0.6) is 0 Å². The number of thiol groups is 2. The Morgan fingerprint density at radius 2 is 0.844 bits per heavy atom. The fourth-order valence-electron chi connectivity index (χ4n) is 3.57. The van der Waals surface area contributed by atoms with Gasteiger partial charge in [0.1, 0.15) is 0 Å². The molecule has 0 unspecified atom stereocenters. The summed E-state index contributed by atoms with van der Waals surface area (Å²) in [6.45, 7) is 0. The maximum atomic E-state index is 13.2. The Bertz CT molecular complexity index is 1370. The molecule has 0 atom stereocenters. The minimum atomic E-state index is -3.71. The van der Waals surface area contributed by atoms with Crippen LogP contribution < -0.4 is 0 Å². The van der Waals surface area contributed by atoms with Crippen LogP contribution >= 0.6 is 25.3 Å². The molecular weight excluding hydrogens is 481 g/mol. The third-order valence-corrected chi connectivity index (χ3v) is 9.17. The summed E-state index contributed by atoms with van der Waals surface area (Å²) in [7, 11) is -7.41. The highest BCUT2D eigenvalue weighted by atomic mass is 32.2. The van der Waals surface area contributed by atoms with Crippen LogP contribution in [0.15, 0.2) is 105 Å². The molecule has 0 aliphatic carbocycles. The van der Waals surface area contributed by atoms with Gasteiger partial charge >= 0.3 is 0 Å². The molecule has 4 rings (SSSR count). The molecule has 4 aromatic rings. The minimum absolute atomic E-state index is 0.112. The molecule has 8 heteroatoms. The van der Waals surface area contributed by atoms with Crippen LogP contribution in [0, 0.1) is 0 Å². The van der Waals surface area contributed by atoms with Crippen LogP contribution in [0.25, 0.3) is 10.8 Å². The Balaban J connectivity index is 1.77. The van der Waals surface area contributed by atoms with Crippen molar-refractivity contribution in [1.82, 2.24) is 0 Å². The molecule has 32 heavy (non-hydrogen) atoms. The number of hydrogen-bond donors (Lipinski definition) is 2. The molecule has 0 spiro atoms. The second-order valence-electron chi connectivity index (χ2n) is 7.46. The molecule has 0 aromatic heterocycles. The highest BCUT2D eigenvalue weighted by Gasteiger charge is 2.23. The predicted octanol–water partition coefficient (Wildman–Crippen LogP) is 5.37. The van der Waals surface area contributed by atoms with E-state index >= 15 is 0 Å². The van der Waals surface area contributed by atoms with Crippen molar-refractivity contribution in [2.45, 2.75) is 31.1 Å². The van der Waals surface area contributed by atoms with E-state index in [2.05, 4.69) is 25.3 Å². The summed E-state index contributed by atoms with van der Waals surface area (Å²) in [5.74, 6) is -0.375. The zero-order chi connectivity index (χ0) is 22.9. The van der Waals surface area contributed by atoms with Gasteiger partial charge in [0.15, 0.2) is 19.7 Å². The average molecular weight is 501 g/mol. The fraction of sp³-hybridized carbons (Fsp3) is 0.0833. The highest BCUT2D eigenvalue weighted by Crippen LogP contribution is 2.31. The molecule has 0 radical (unpaired) electrons. The standard InChI is InChI=1S/C24H20O4S4/c25-31(26,15-17-7-11-19(29)12-8-17)23-5-1-3-21-22(23)4-2-6-24(21)32(27,28)16-18-9-13-20(30)14-10-18/h1-14,29-30H,15-16H2. The molecule has 4 aromatic carbocycles. The summed E-state index contributed by atoms with van der Waals surface area (Å²) in [5, 5.41) is 0.787. The van der Waals surface area contributed by atoms with Gasteiger partial charge in [0.25, 0.3) is 0 Å². The second-order valence-corrected chi connectivity index (χ2v) is 12.4. The van der Waals surface area contributed by atoms with E-state index in [-0.39, 0.29) is 21.3 Å². The van der Waals surface area contributed by atoms with Crippen LogP contribution in [-0.2, 0) is 31.2 Å². The van der Waals surface area contributed by atoms with Gasteiger partial charge in [-0.1, -0.05) is 48.5 Å². The van der Waals surface area contributed by atoms with Crippen LogP contribution in [0.3, 0.4) is 0 Å². The minimum Gasteiger partial charge on any atom is -0.223 e. The topological polar surface area (TPSA) is 68.3 Å². The Kier molecular flexibility index (Phi) is 6.40. The van der Waals surface area contributed by atoms with Gasteiger partial charge in [-0.15, -0.1) is 25.3 Å². The summed E-state index contributed by atoms with van der Waals surface area (Å²) in [4.78, 5) is 1.72. The SMILES string of the molecule is O=S(=O)(Cc1ccc(S)cc1)c1cccc2c(S(=O)(=O)Cc3ccc(S)cc3)cccc12. The zero-order valence-corrected chi connectivity index (χ0v) is 20.3. The lowest BCUT2D eigenvalue weighted by Crippen LogP contribution is -2.08.